The molecule has 0 amide bonds. The van der Waals surface area contributed by atoms with Crippen LogP contribution in [0, 0.1) is 16.2 Å². The van der Waals surface area contributed by atoms with E-state index in [0.29, 0.717) is 0 Å². The molecule has 2 N–H and O–H groups in total. The molecule has 0 spiro atoms. The summed E-state index contributed by atoms with van der Waals surface area (Å²) in [6.07, 6.45) is 3.74. The number of hydrogen-bond acceptors (Lipinski definition) is 4. The molecule has 1 rings (SSSR count). The molecule has 1 aliphatic heterocycles. The van der Waals surface area contributed by atoms with E-state index >= 15 is 0 Å². The highest BCUT2D eigenvalue weighted by Gasteiger charge is 2.36. The van der Waals surface area contributed by atoms with Crippen LogP contribution in [-0.2, 0) is 0 Å². The maximum atomic E-state index is 6.59. The summed E-state index contributed by atoms with van der Waals surface area (Å²) < 4.78 is 0. The summed E-state index contributed by atoms with van der Waals surface area (Å²) >= 11 is 0. The second kappa shape index (κ2) is 6.14. The first kappa shape index (κ1) is 19.5. The van der Waals surface area contributed by atoms with E-state index in [0.717, 1.165) is 22.8 Å². The Bertz CT molecular complexity index is 570. The van der Waals surface area contributed by atoms with Crippen molar-refractivity contribution in [2.24, 2.45) is 32.1 Å². The second-order valence-electron chi connectivity index (χ2n) is 9.21. The van der Waals surface area contributed by atoms with Gasteiger partial charge in [-0.15, -0.1) is 0 Å². The second-order valence-corrected chi connectivity index (χ2v) is 9.21. The van der Waals surface area contributed by atoms with Crippen molar-refractivity contribution in [3.8, 4) is 0 Å². The molecule has 0 saturated heterocycles. The molecule has 0 aromatic rings. The average molecular weight is 319 g/mol. The van der Waals surface area contributed by atoms with E-state index in [1.807, 2.05) is 11.9 Å². The van der Waals surface area contributed by atoms with Gasteiger partial charge in [0.15, 0.2) is 0 Å². The van der Waals surface area contributed by atoms with Gasteiger partial charge in [0.05, 0.1) is 5.71 Å². The summed E-state index contributed by atoms with van der Waals surface area (Å²) in [6, 6.07) is 0. The van der Waals surface area contributed by atoms with Gasteiger partial charge in [0.25, 0.3) is 0 Å². The van der Waals surface area contributed by atoms with Crippen LogP contribution in [0.1, 0.15) is 69.2 Å². The van der Waals surface area contributed by atoms with E-state index in [1.54, 1.807) is 6.34 Å². The van der Waals surface area contributed by atoms with Gasteiger partial charge >= 0.3 is 0 Å². The van der Waals surface area contributed by atoms with Crippen molar-refractivity contribution in [1.82, 2.24) is 5.01 Å². The molecule has 0 aromatic carbocycles. The summed E-state index contributed by atoms with van der Waals surface area (Å²) in [6.45, 7) is 21.4. The topological polar surface area (TPSA) is 54.0 Å². The third-order valence-electron chi connectivity index (χ3n) is 3.83. The van der Waals surface area contributed by atoms with Gasteiger partial charge in [0.1, 0.15) is 12.0 Å². The third-order valence-corrected chi connectivity index (χ3v) is 3.83. The molecular weight excluding hydrogens is 284 g/mol. The number of hydrazone groups is 1. The molecule has 0 aromatic heterocycles. The molecule has 0 bridgehead atoms. The van der Waals surface area contributed by atoms with Crippen molar-refractivity contribution < 1.29 is 0 Å². The monoisotopic (exact) mass is 318 g/mol. The summed E-state index contributed by atoms with van der Waals surface area (Å²) in [5.74, 6) is 0. The summed E-state index contributed by atoms with van der Waals surface area (Å²) in [5.41, 5.74) is 10.1. The average Bonchev–Trinajstić information content (AvgIpc) is 2.34. The number of aliphatic imine (C=N–C) groups is 1. The van der Waals surface area contributed by atoms with Gasteiger partial charge in [-0.25, -0.2) is 10.0 Å². The summed E-state index contributed by atoms with van der Waals surface area (Å²) in [7, 11) is 0. The molecule has 0 radical (unpaired) electrons. The third kappa shape index (κ3) is 4.24. The van der Waals surface area contributed by atoms with E-state index in [-0.39, 0.29) is 16.2 Å². The van der Waals surface area contributed by atoms with Crippen LogP contribution in [0.2, 0.25) is 0 Å². The first-order valence-electron chi connectivity index (χ1n) is 8.29. The normalized spacial score (nSPS) is 19.8. The van der Waals surface area contributed by atoms with Gasteiger partial charge < -0.3 is 5.73 Å². The Morgan fingerprint density at radius 2 is 1.52 bits per heavy atom. The van der Waals surface area contributed by atoms with E-state index in [2.05, 4.69) is 78.5 Å². The Labute approximate surface area is 142 Å². The predicted molar refractivity (Wildman–Crippen MR) is 101 cm³/mol. The molecule has 0 atom stereocenters. The lowest BCUT2D eigenvalue weighted by molar-refractivity contribution is 0.322. The lowest BCUT2D eigenvalue weighted by Crippen LogP contribution is -2.40. The Balaban J connectivity index is 3.67. The predicted octanol–water partition coefficient (Wildman–Crippen LogP) is 4.90. The zero-order valence-electron chi connectivity index (χ0n) is 16.6. The molecule has 0 aliphatic carbocycles. The standard InChI is InChI=1S/C19H34N4/c1-11-13(17(2,3)4)23-14(15(20)18(5,6)7)16(19(8,9)10)21-12-22-23/h11-12H,20H2,1-10H3/b13-11-,15-14-. The Hall–Kier alpha value is -1.58. The molecule has 1 heterocycles. The van der Waals surface area contributed by atoms with Crippen LogP contribution in [0.25, 0.3) is 0 Å². The van der Waals surface area contributed by atoms with Gasteiger partial charge in [-0.1, -0.05) is 68.4 Å². The molecule has 0 fully saturated rings. The maximum absolute atomic E-state index is 6.59. The largest absolute Gasteiger partial charge is 0.400 e. The van der Waals surface area contributed by atoms with E-state index < -0.39 is 0 Å². The zero-order valence-corrected chi connectivity index (χ0v) is 16.6. The van der Waals surface area contributed by atoms with Crippen LogP contribution in [0.5, 0.6) is 0 Å². The minimum Gasteiger partial charge on any atom is -0.400 e. The van der Waals surface area contributed by atoms with Crippen molar-refractivity contribution in [3.63, 3.8) is 0 Å². The fourth-order valence-electron chi connectivity index (χ4n) is 2.56. The highest BCUT2D eigenvalue weighted by atomic mass is 15.5. The van der Waals surface area contributed by atoms with Gasteiger partial charge in [0.2, 0.25) is 0 Å². The first-order chi connectivity index (χ1) is 10.2. The van der Waals surface area contributed by atoms with Crippen molar-refractivity contribution in [2.75, 3.05) is 0 Å². The quantitative estimate of drug-likeness (QED) is 0.747. The first-order valence-corrected chi connectivity index (χ1v) is 8.29. The fraction of sp³-hybridized carbons (Fsp3) is 0.684. The minimum absolute atomic E-state index is 0.0458. The van der Waals surface area contributed by atoms with E-state index in [1.165, 1.54) is 0 Å². The summed E-state index contributed by atoms with van der Waals surface area (Å²) in [4.78, 5) is 4.58. The van der Waals surface area contributed by atoms with Crippen molar-refractivity contribution in [1.29, 1.82) is 0 Å². The SMILES string of the molecule is C/C=C(\N1N=CN=C(C(C)(C)C)/C1=C(/N)C(C)(C)C)C(C)(C)C. The fourth-order valence-corrected chi connectivity index (χ4v) is 2.56. The Kier molecular flexibility index (Phi) is 5.20. The lowest BCUT2D eigenvalue weighted by Gasteiger charge is -2.39. The zero-order chi connectivity index (χ0) is 18.2. The van der Waals surface area contributed by atoms with Gasteiger partial charge in [-0.05, 0) is 6.92 Å². The highest BCUT2D eigenvalue weighted by molar-refractivity contribution is 6.08. The lowest BCUT2D eigenvalue weighted by atomic mass is 9.81. The summed E-state index contributed by atoms with van der Waals surface area (Å²) in [5, 5.41) is 6.54. The molecule has 130 valence electrons. The van der Waals surface area contributed by atoms with Gasteiger partial charge in [-0.2, -0.15) is 5.10 Å². The molecule has 0 unspecified atom stereocenters. The molecule has 0 saturated carbocycles. The maximum Gasteiger partial charge on any atom is 0.136 e. The van der Waals surface area contributed by atoms with Crippen LogP contribution in [0.3, 0.4) is 0 Å². The van der Waals surface area contributed by atoms with Gasteiger partial charge in [0, 0.05) is 27.6 Å². The number of nitrogens with zero attached hydrogens (tertiary/aromatic N) is 3. The van der Waals surface area contributed by atoms with Crippen LogP contribution in [0.15, 0.2) is 33.3 Å². The molecule has 1 aliphatic rings. The number of rotatable bonds is 1. The number of allylic oxidation sites excluding steroid dienone is 4. The van der Waals surface area contributed by atoms with Crippen LogP contribution in [-0.4, -0.2) is 17.1 Å². The van der Waals surface area contributed by atoms with Crippen molar-refractivity contribution in [3.05, 3.63) is 23.2 Å². The highest BCUT2D eigenvalue weighted by Crippen LogP contribution is 2.38. The van der Waals surface area contributed by atoms with Crippen LogP contribution < -0.4 is 5.73 Å². The number of nitrogens with two attached hydrogens (primary N) is 1. The molecule has 23 heavy (non-hydrogen) atoms. The van der Waals surface area contributed by atoms with Gasteiger partial charge in [-0.3, -0.25) is 0 Å². The van der Waals surface area contributed by atoms with E-state index in [9.17, 15) is 0 Å². The minimum atomic E-state index is -0.163. The smallest absolute Gasteiger partial charge is 0.136 e. The van der Waals surface area contributed by atoms with Crippen LogP contribution in [0.4, 0.5) is 0 Å². The molecular formula is C19H34N4. The van der Waals surface area contributed by atoms with Crippen LogP contribution >= 0.6 is 0 Å². The molecule has 4 heteroatoms. The Morgan fingerprint density at radius 1 is 1.00 bits per heavy atom. The van der Waals surface area contributed by atoms with Crippen molar-refractivity contribution >= 4 is 12.1 Å². The Morgan fingerprint density at radius 3 is 1.87 bits per heavy atom. The van der Waals surface area contributed by atoms with Crippen molar-refractivity contribution in [2.45, 2.75) is 69.2 Å². The molecule has 4 nitrogen and oxygen atoms in total. The van der Waals surface area contributed by atoms with E-state index in [4.69, 9.17) is 5.73 Å². The number of hydrogen-bond donors (Lipinski definition) is 1.